The monoisotopic (exact) mass is 554 g/mol. The first-order valence-electron chi connectivity index (χ1n) is 12.6. The maximum atomic E-state index is 13.9. The number of carbonyl (C=O) groups is 1. The average molecular weight is 555 g/mol. The van der Waals surface area contributed by atoms with E-state index in [0.29, 0.717) is 17.1 Å². The highest BCUT2D eigenvalue weighted by Crippen LogP contribution is 2.44. The molecule has 0 spiro atoms. The number of ether oxygens (including phenoxy) is 4. The predicted octanol–water partition coefficient (Wildman–Crippen LogP) is 6.13. The molecule has 0 radical (unpaired) electrons. The third-order valence-corrected chi connectivity index (χ3v) is 6.39. The quantitative estimate of drug-likeness (QED) is 0.206. The van der Waals surface area contributed by atoms with Gasteiger partial charge in [0.15, 0.2) is 17.7 Å². The molecule has 1 heterocycles. The zero-order chi connectivity index (χ0) is 28.9. The Kier molecular flexibility index (Phi) is 7.83. The molecule has 0 aliphatic carbocycles. The first kappa shape index (κ1) is 27.2. The lowest BCUT2D eigenvalue weighted by atomic mass is 9.83. The van der Waals surface area contributed by atoms with Gasteiger partial charge in [0.1, 0.15) is 41.3 Å². The molecule has 1 aliphatic rings. The van der Waals surface area contributed by atoms with Gasteiger partial charge in [0, 0.05) is 11.6 Å². The lowest BCUT2D eigenvalue weighted by Crippen LogP contribution is -2.29. The van der Waals surface area contributed by atoms with Gasteiger partial charge in [0.2, 0.25) is 5.88 Å². The molecule has 0 bridgehead atoms. The summed E-state index contributed by atoms with van der Waals surface area (Å²) >= 11 is 0. The van der Waals surface area contributed by atoms with Crippen molar-refractivity contribution in [1.82, 2.24) is 0 Å². The number of para-hydroxylation sites is 1. The molecule has 0 saturated heterocycles. The van der Waals surface area contributed by atoms with E-state index in [1.165, 1.54) is 43.3 Å². The van der Waals surface area contributed by atoms with Crippen molar-refractivity contribution in [2.75, 3.05) is 0 Å². The SMILES string of the molecule is CC(Oc1ccccc1F)C(=O)Oc1ccc2c(c1)OC(N)=C(C#N)C2c1cccc(OCc2ccc(F)cc2)c1. The minimum atomic E-state index is -1.09. The largest absolute Gasteiger partial charge is 0.489 e. The molecule has 0 fully saturated rings. The zero-order valence-corrected chi connectivity index (χ0v) is 21.8. The molecule has 2 N–H and O–H groups in total. The normalized spacial score (nSPS) is 14.7. The van der Waals surface area contributed by atoms with Crippen molar-refractivity contribution in [3.8, 4) is 29.1 Å². The summed E-state index contributed by atoms with van der Waals surface area (Å²) in [6.07, 6.45) is -1.09. The minimum absolute atomic E-state index is 0.0700. The van der Waals surface area contributed by atoms with Gasteiger partial charge >= 0.3 is 5.97 Å². The first-order chi connectivity index (χ1) is 19.8. The summed E-state index contributed by atoms with van der Waals surface area (Å²) in [5.74, 6) is -1.39. The number of esters is 1. The summed E-state index contributed by atoms with van der Waals surface area (Å²) < 4.78 is 49.6. The number of benzene rings is 4. The third-order valence-electron chi connectivity index (χ3n) is 6.39. The van der Waals surface area contributed by atoms with Gasteiger partial charge in [0.25, 0.3) is 0 Å². The van der Waals surface area contributed by atoms with Crippen molar-refractivity contribution in [3.63, 3.8) is 0 Å². The van der Waals surface area contributed by atoms with Gasteiger partial charge in [-0.2, -0.15) is 5.26 Å². The number of nitriles is 1. The van der Waals surface area contributed by atoms with Gasteiger partial charge in [-0.05, 0) is 60.5 Å². The number of allylic oxidation sites excluding steroid dienone is 1. The van der Waals surface area contributed by atoms with Crippen LogP contribution in [-0.4, -0.2) is 12.1 Å². The Labute approximate surface area is 235 Å². The summed E-state index contributed by atoms with van der Waals surface area (Å²) in [5.41, 5.74) is 8.49. The van der Waals surface area contributed by atoms with Crippen molar-refractivity contribution in [3.05, 3.63) is 131 Å². The summed E-state index contributed by atoms with van der Waals surface area (Å²) in [7, 11) is 0. The van der Waals surface area contributed by atoms with Gasteiger partial charge in [0.05, 0.1) is 5.92 Å². The molecule has 0 amide bonds. The highest BCUT2D eigenvalue weighted by atomic mass is 19.1. The molecule has 4 aromatic rings. The number of carbonyl (C=O) groups excluding carboxylic acids is 1. The Balaban J connectivity index is 1.36. The van der Waals surface area contributed by atoms with Crippen LogP contribution in [-0.2, 0) is 11.4 Å². The third kappa shape index (κ3) is 6.12. The molecule has 0 saturated carbocycles. The second-order valence-electron chi connectivity index (χ2n) is 9.22. The minimum Gasteiger partial charge on any atom is -0.489 e. The van der Waals surface area contributed by atoms with Crippen molar-refractivity contribution >= 4 is 5.97 Å². The molecular formula is C32H24F2N2O5. The zero-order valence-electron chi connectivity index (χ0n) is 21.8. The van der Waals surface area contributed by atoms with Crippen LogP contribution in [0.15, 0.2) is 102 Å². The highest BCUT2D eigenvalue weighted by Gasteiger charge is 2.31. The Morgan fingerprint density at radius 1 is 1.00 bits per heavy atom. The van der Waals surface area contributed by atoms with Crippen LogP contribution in [0.3, 0.4) is 0 Å². The molecule has 5 rings (SSSR count). The van der Waals surface area contributed by atoms with Crippen LogP contribution >= 0.6 is 0 Å². The van der Waals surface area contributed by atoms with E-state index in [4.69, 9.17) is 24.7 Å². The van der Waals surface area contributed by atoms with Gasteiger partial charge < -0.3 is 24.7 Å². The van der Waals surface area contributed by atoms with E-state index in [1.807, 2.05) is 6.07 Å². The number of rotatable bonds is 8. The average Bonchev–Trinajstić information content (AvgIpc) is 2.97. The van der Waals surface area contributed by atoms with E-state index < -0.39 is 23.8 Å². The Hall–Kier alpha value is -5.36. The van der Waals surface area contributed by atoms with Crippen LogP contribution in [0.25, 0.3) is 0 Å². The summed E-state index contributed by atoms with van der Waals surface area (Å²) in [6.45, 7) is 1.68. The van der Waals surface area contributed by atoms with E-state index >= 15 is 0 Å². The van der Waals surface area contributed by atoms with Crippen molar-refractivity contribution < 1.29 is 32.5 Å². The highest BCUT2D eigenvalue weighted by molar-refractivity contribution is 5.77. The topological polar surface area (TPSA) is 104 Å². The van der Waals surface area contributed by atoms with E-state index in [-0.39, 0.29) is 35.4 Å². The maximum absolute atomic E-state index is 13.9. The lowest BCUT2D eigenvalue weighted by Gasteiger charge is -2.27. The smallest absolute Gasteiger partial charge is 0.352 e. The van der Waals surface area contributed by atoms with Crippen LogP contribution < -0.4 is 24.7 Å². The number of hydrogen-bond donors (Lipinski definition) is 1. The molecule has 206 valence electrons. The number of fused-ring (bicyclic) bond motifs is 1. The predicted molar refractivity (Wildman–Crippen MR) is 145 cm³/mol. The molecule has 1 aliphatic heterocycles. The number of nitrogens with two attached hydrogens (primary N) is 1. The fourth-order valence-corrected chi connectivity index (χ4v) is 4.35. The van der Waals surface area contributed by atoms with Gasteiger partial charge in [-0.15, -0.1) is 0 Å². The Morgan fingerprint density at radius 3 is 2.54 bits per heavy atom. The molecule has 2 unspecified atom stereocenters. The van der Waals surface area contributed by atoms with E-state index in [9.17, 15) is 18.8 Å². The van der Waals surface area contributed by atoms with Crippen LogP contribution in [0, 0.1) is 23.0 Å². The lowest BCUT2D eigenvalue weighted by molar-refractivity contribution is -0.141. The van der Waals surface area contributed by atoms with Crippen molar-refractivity contribution in [2.45, 2.75) is 25.6 Å². The molecule has 7 nitrogen and oxygen atoms in total. The summed E-state index contributed by atoms with van der Waals surface area (Å²) in [6, 6.07) is 25.8. The van der Waals surface area contributed by atoms with Crippen molar-refractivity contribution in [1.29, 1.82) is 5.26 Å². The number of hydrogen-bond acceptors (Lipinski definition) is 7. The Bertz CT molecular complexity index is 1660. The molecular weight excluding hydrogens is 530 g/mol. The molecule has 41 heavy (non-hydrogen) atoms. The number of halogens is 2. The summed E-state index contributed by atoms with van der Waals surface area (Å²) in [5, 5.41) is 9.90. The second kappa shape index (κ2) is 11.8. The first-order valence-corrected chi connectivity index (χ1v) is 12.6. The Morgan fingerprint density at radius 2 is 1.78 bits per heavy atom. The van der Waals surface area contributed by atoms with Gasteiger partial charge in [-0.25, -0.2) is 13.6 Å². The fraction of sp³-hybridized carbons (Fsp3) is 0.125. The van der Waals surface area contributed by atoms with Crippen molar-refractivity contribution in [2.24, 2.45) is 5.73 Å². The molecule has 2 atom stereocenters. The van der Waals surface area contributed by atoms with Crippen LogP contribution in [0.1, 0.15) is 29.5 Å². The maximum Gasteiger partial charge on any atom is 0.352 e. The van der Waals surface area contributed by atoms with E-state index in [1.54, 1.807) is 48.5 Å². The number of nitrogens with zero attached hydrogens (tertiary/aromatic N) is 1. The summed E-state index contributed by atoms with van der Waals surface area (Å²) in [4.78, 5) is 12.6. The molecule has 9 heteroatoms. The van der Waals surface area contributed by atoms with Crippen LogP contribution in [0.4, 0.5) is 8.78 Å². The standard InChI is InChI=1S/C32H24F2N2O5/c1-19(39-28-8-3-2-7-27(28)34)32(37)40-24-13-14-25-29(16-24)41-31(36)26(17-35)30(25)21-5-4-6-23(15-21)38-18-20-9-11-22(33)12-10-20/h2-16,19,30H,18,36H2,1H3. The molecule has 0 aromatic heterocycles. The molecule has 4 aromatic carbocycles. The van der Waals surface area contributed by atoms with Gasteiger partial charge in [-0.1, -0.05) is 42.5 Å². The van der Waals surface area contributed by atoms with Crippen LogP contribution in [0.2, 0.25) is 0 Å². The fourth-order valence-electron chi connectivity index (χ4n) is 4.35. The van der Waals surface area contributed by atoms with E-state index in [2.05, 4.69) is 6.07 Å². The van der Waals surface area contributed by atoms with Gasteiger partial charge in [-0.3, -0.25) is 0 Å². The second-order valence-corrected chi connectivity index (χ2v) is 9.22. The van der Waals surface area contributed by atoms with E-state index in [0.717, 1.165) is 11.1 Å². The van der Waals surface area contributed by atoms with Crippen LogP contribution in [0.5, 0.6) is 23.0 Å².